The first-order chi connectivity index (χ1) is 13.3. The number of oxazole rings is 1. The summed E-state index contributed by atoms with van der Waals surface area (Å²) < 4.78 is 16.8. The van der Waals surface area contributed by atoms with E-state index in [2.05, 4.69) is 10.3 Å². The minimum absolute atomic E-state index is 0.0688. The maximum absolute atomic E-state index is 13.0. The minimum Gasteiger partial charge on any atom is -0.486 e. The van der Waals surface area contributed by atoms with E-state index in [1.54, 1.807) is 0 Å². The molecule has 27 heavy (non-hydrogen) atoms. The Hall–Kier alpha value is -2.54. The highest BCUT2D eigenvalue weighted by Crippen LogP contribution is 2.36. The van der Waals surface area contributed by atoms with Crippen molar-refractivity contribution >= 4 is 5.91 Å². The largest absolute Gasteiger partial charge is 0.486 e. The van der Waals surface area contributed by atoms with Gasteiger partial charge in [0.1, 0.15) is 13.2 Å². The second-order valence-corrected chi connectivity index (χ2v) is 7.02. The highest BCUT2D eigenvalue weighted by Gasteiger charge is 2.28. The number of fused-ring (bicyclic) bond motifs is 1. The lowest BCUT2D eigenvalue weighted by molar-refractivity contribution is 0.0682. The first kappa shape index (κ1) is 17.9. The van der Waals surface area contributed by atoms with E-state index < -0.39 is 0 Å². The van der Waals surface area contributed by atoms with Gasteiger partial charge < -0.3 is 24.1 Å². The number of rotatable bonds is 5. The molecule has 1 amide bonds. The Morgan fingerprint density at radius 3 is 2.78 bits per heavy atom. The fourth-order valence-electron chi connectivity index (χ4n) is 3.71. The van der Waals surface area contributed by atoms with Crippen molar-refractivity contribution in [1.29, 1.82) is 0 Å². The lowest BCUT2D eigenvalue weighted by Crippen LogP contribution is -2.39. The van der Waals surface area contributed by atoms with Gasteiger partial charge in [-0.05, 0) is 57.0 Å². The van der Waals surface area contributed by atoms with Gasteiger partial charge in [-0.1, -0.05) is 0 Å². The predicted molar refractivity (Wildman–Crippen MR) is 100 cm³/mol. The van der Waals surface area contributed by atoms with E-state index in [-0.39, 0.29) is 5.91 Å². The van der Waals surface area contributed by atoms with Crippen LogP contribution in [0.3, 0.4) is 0 Å². The lowest BCUT2D eigenvalue weighted by atomic mass is 9.93. The molecular weight excluding hydrogens is 346 g/mol. The van der Waals surface area contributed by atoms with Gasteiger partial charge >= 0.3 is 0 Å². The Kier molecular flexibility index (Phi) is 5.29. The van der Waals surface area contributed by atoms with Crippen LogP contribution in [0.15, 0.2) is 29.0 Å². The molecule has 1 aromatic carbocycles. The van der Waals surface area contributed by atoms with Gasteiger partial charge in [0.15, 0.2) is 29.3 Å². The van der Waals surface area contributed by atoms with Crippen LogP contribution in [0.5, 0.6) is 11.5 Å². The number of nitrogens with one attached hydrogen (secondary N) is 1. The first-order valence-corrected chi connectivity index (χ1v) is 9.53. The van der Waals surface area contributed by atoms with Gasteiger partial charge in [0.05, 0.1) is 0 Å². The topological polar surface area (TPSA) is 76.8 Å². The summed E-state index contributed by atoms with van der Waals surface area (Å²) in [6, 6.07) is 5.55. The van der Waals surface area contributed by atoms with Crippen LogP contribution in [-0.4, -0.2) is 55.7 Å². The normalized spacial score (nSPS) is 17.1. The summed E-state index contributed by atoms with van der Waals surface area (Å²) in [5.74, 6) is 2.46. The van der Waals surface area contributed by atoms with Crippen molar-refractivity contribution < 1.29 is 18.7 Å². The molecule has 1 N–H and O–H groups in total. The lowest BCUT2D eigenvalue weighted by Gasteiger charge is -2.31. The molecular formula is C20H25N3O4. The average molecular weight is 371 g/mol. The van der Waals surface area contributed by atoms with E-state index in [0.29, 0.717) is 42.1 Å². The van der Waals surface area contributed by atoms with Crippen LogP contribution in [0.2, 0.25) is 0 Å². The summed E-state index contributed by atoms with van der Waals surface area (Å²) in [7, 11) is 1.97. The van der Waals surface area contributed by atoms with Gasteiger partial charge in [-0.25, -0.2) is 4.98 Å². The molecule has 1 saturated heterocycles. The van der Waals surface area contributed by atoms with Crippen LogP contribution in [0.25, 0.3) is 11.3 Å². The van der Waals surface area contributed by atoms with Gasteiger partial charge in [-0.15, -0.1) is 0 Å². The third-order valence-corrected chi connectivity index (χ3v) is 5.28. The first-order valence-electron chi connectivity index (χ1n) is 9.53. The number of hydrogen-bond acceptors (Lipinski definition) is 6. The van der Waals surface area contributed by atoms with E-state index in [1.807, 2.05) is 30.1 Å². The molecule has 2 aliphatic heterocycles. The molecule has 1 aromatic heterocycles. The SMILES string of the molecule is CNCCC1CCN(C(=O)c2ncoc2-c2ccc3c(c2)OCCO3)CC1. The van der Waals surface area contributed by atoms with E-state index in [1.165, 1.54) is 6.39 Å². The number of nitrogens with zero attached hydrogens (tertiary/aromatic N) is 2. The smallest absolute Gasteiger partial charge is 0.276 e. The van der Waals surface area contributed by atoms with E-state index in [9.17, 15) is 4.79 Å². The number of benzene rings is 1. The van der Waals surface area contributed by atoms with Crippen LogP contribution in [-0.2, 0) is 0 Å². The van der Waals surface area contributed by atoms with Crippen LogP contribution in [0.1, 0.15) is 29.8 Å². The molecule has 0 aliphatic carbocycles. The second kappa shape index (κ2) is 8.00. The van der Waals surface area contributed by atoms with Gasteiger partial charge in [0, 0.05) is 18.7 Å². The number of hydrogen-bond donors (Lipinski definition) is 1. The molecule has 4 rings (SSSR count). The van der Waals surface area contributed by atoms with Crippen LogP contribution in [0, 0.1) is 5.92 Å². The van der Waals surface area contributed by atoms with Crippen molar-refractivity contribution in [3.05, 3.63) is 30.3 Å². The summed E-state index contributed by atoms with van der Waals surface area (Å²) >= 11 is 0. The zero-order valence-corrected chi connectivity index (χ0v) is 15.6. The maximum Gasteiger partial charge on any atom is 0.276 e. The second-order valence-electron chi connectivity index (χ2n) is 7.02. The zero-order chi connectivity index (χ0) is 18.6. The molecule has 0 saturated carbocycles. The number of amides is 1. The van der Waals surface area contributed by atoms with Crippen molar-refractivity contribution in [2.24, 2.45) is 5.92 Å². The van der Waals surface area contributed by atoms with Gasteiger partial charge in [0.2, 0.25) is 0 Å². The molecule has 3 heterocycles. The van der Waals surface area contributed by atoms with Crippen molar-refractivity contribution in [2.75, 3.05) is 39.9 Å². The van der Waals surface area contributed by atoms with Crippen molar-refractivity contribution in [1.82, 2.24) is 15.2 Å². The number of piperidine rings is 1. The van der Waals surface area contributed by atoms with Crippen LogP contribution >= 0.6 is 0 Å². The molecule has 0 atom stereocenters. The third-order valence-electron chi connectivity index (χ3n) is 5.28. The summed E-state index contributed by atoms with van der Waals surface area (Å²) in [5, 5.41) is 3.20. The van der Waals surface area contributed by atoms with E-state index in [4.69, 9.17) is 13.9 Å². The monoisotopic (exact) mass is 371 g/mol. The number of carbonyl (C=O) groups excluding carboxylic acids is 1. The highest BCUT2D eigenvalue weighted by atomic mass is 16.6. The number of ether oxygens (including phenoxy) is 2. The average Bonchev–Trinajstić information content (AvgIpc) is 3.21. The predicted octanol–water partition coefficient (Wildman–Crippen LogP) is 2.57. The molecule has 7 nitrogen and oxygen atoms in total. The van der Waals surface area contributed by atoms with E-state index in [0.717, 1.165) is 44.5 Å². The summed E-state index contributed by atoms with van der Waals surface area (Å²) in [5.41, 5.74) is 1.13. The Bertz CT molecular complexity index is 796. The Morgan fingerprint density at radius 1 is 1.22 bits per heavy atom. The fraction of sp³-hybridized carbons (Fsp3) is 0.500. The summed E-state index contributed by atoms with van der Waals surface area (Å²) in [6.07, 6.45) is 4.55. The van der Waals surface area contributed by atoms with Crippen molar-refractivity contribution in [2.45, 2.75) is 19.3 Å². The number of aromatic nitrogens is 1. The number of carbonyl (C=O) groups is 1. The van der Waals surface area contributed by atoms with Crippen LogP contribution < -0.4 is 14.8 Å². The van der Waals surface area contributed by atoms with Crippen molar-refractivity contribution in [3.63, 3.8) is 0 Å². The molecule has 0 spiro atoms. The van der Waals surface area contributed by atoms with Crippen molar-refractivity contribution in [3.8, 4) is 22.8 Å². The zero-order valence-electron chi connectivity index (χ0n) is 15.6. The van der Waals surface area contributed by atoms with Gasteiger partial charge in [0.25, 0.3) is 5.91 Å². The van der Waals surface area contributed by atoms with E-state index >= 15 is 0 Å². The Balaban J connectivity index is 1.48. The van der Waals surface area contributed by atoms with Gasteiger partial charge in [-0.2, -0.15) is 0 Å². The molecule has 0 radical (unpaired) electrons. The Morgan fingerprint density at radius 2 is 2.00 bits per heavy atom. The molecule has 2 aromatic rings. The third kappa shape index (κ3) is 3.78. The van der Waals surface area contributed by atoms with Crippen LogP contribution in [0.4, 0.5) is 0 Å². The molecule has 7 heteroatoms. The molecule has 1 fully saturated rings. The summed E-state index contributed by atoms with van der Waals surface area (Å²) in [6.45, 7) is 3.61. The maximum atomic E-state index is 13.0. The number of likely N-dealkylation sites (tertiary alicyclic amines) is 1. The molecule has 2 aliphatic rings. The quantitative estimate of drug-likeness (QED) is 0.871. The van der Waals surface area contributed by atoms with Gasteiger partial charge in [-0.3, -0.25) is 4.79 Å². The Labute approximate surface area is 158 Å². The fourth-order valence-corrected chi connectivity index (χ4v) is 3.71. The molecule has 0 bridgehead atoms. The summed E-state index contributed by atoms with van der Waals surface area (Å²) in [4.78, 5) is 19.1. The standard InChI is InChI=1S/C20H25N3O4/c1-21-7-4-14-5-8-23(9-6-14)20(24)18-19(27-13-22-18)15-2-3-16-17(12-15)26-11-10-25-16/h2-3,12-14,21H,4-11H2,1H3. The highest BCUT2D eigenvalue weighted by molar-refractivity contribution is 5.97. The molecule has 144 valence electrons. The minimum atomic E-state index is -0.0688. The molecule has 0 unspecified atom stereocenters.